The molecule has 0 fully saturated rings. The molecule has 0 spiro atoms. The van der Waals surface area contributed by atoms with Gasteiger partial charge in [-0.1, -0.05) is 27.6 Å². The van der Waals surface area contributed by atoms with Crippen LogP contribution in [0.2, 0.25) is 0 Å². The molecule has 86 valence electrons. The summed E-state index contributed by atoms with van der Waals surface area (Å²) in [6.45, 7) is 4.25. The van der Waals surface area contributed by atoms with E-state index >= 15 is 0 Å². The van der Waals surface area contributed by atoms with Gasteiger partial charge >= 0.3 is 0 Å². The lowest BCUT2D eigenvalue weighted by Gasteiger charge is -2.29. The minimum atomic E-state index is 0.0912. The molecular formula is C13H16BrNO. The molecule has 16 heavy (non-hydrogen) atoms. The Morgan fingerprint density at radius 1 is 1.44 bits per heavy atom. The molecule has 3 heteroatoms. The number of anilines is 1. The molecule has 0 saturated heterocycles. The minimum Gasteiger partial charge on any atom is -0.392 e. The van der Waals surface area contributed by atoms with Gasteiger partial charge in [-0.2, -0.15) is 0 Å². The van der Waals surface area contributed by atoms with E-state index in [1.165, 1.54) is 5.57 Å². The highest BCUT2D eigenvalue weighted by atomic mass is 79.9. The van der Waals surface area contributed by atoms with Crippen LogP contribution in [0.5, 0.6) is 0 Å². The Morgan fingerprint density at radius 3 is 2.88 bits per heavy atom. The summed E-state index contributed by atoms with van der Waals surface area (Å²) in [4.78, 5) is 2.31. The smallest absolute Gasteiger partial charge is 0.0702 e. The Kier molecular flexibility index (Phi) is 3.66. The summed E-state index contributed by atoms with van der Waals surface area (Å²) >= 11 is 3.43. The highest BCUT2D eigenvalue weighted by Crippen LogP contribution is 2.26. The summed E-state index contributed by atoms with van der Waals surface area (Å²) in [5.41, 5.74) is 3.59. The molecule has 1 heterocycles. The van der Waals surface area contributed by atoms with Crippen molar-refractivity contribution >= 4 is 21.6 Å². The molecule has 1 aliphatic heterocycles. The van der Waals surface area contributed by atoms with Gasteiger partial charge in [0.1, 0.15) is 0 Å². The number of aliphatic hydroxyl groups is 1. The summed E-state index contributed by atoms with van der Waals surface area (Å²) in [7, 11) is 0. The first-order chi connectivity index (χ1) is 7.70. The molecule has 1 aromatic rings. The van der Waals surface area contributed by atoms with Crippen molar-refractivity contribution in [2.75, 3.05) is 18.0 Å². The molecule has 2 nitrogen and oxygen atoms in total. The summed E-state index contributed by atoms with van der Waals surface area (Å²) in [6.07, 6.45) is 3.37. The Hall–Kier alpha value is -0.800. The molecule has 2 rings (SSSR count). The van der Waals surface area contributed by atoms with Crippen molar-refractivity contribution < 1.29 is 5.11 Å². The summed E-state index contributed by atoms with van der Waals surface area (Å²) in [6, 6.07) is 6.09. The maximum absolute atomic E-state index is 9.36. The molecule has 0 saturated carbocycles. The third-order valence-corrected chi connectivity index (χ3v) is 3.48. The Balaban J connectivity index is 2.27. The van der Waals surface area contributed by atoms with Gasteiger partial charge < -0.3 is 10.0 Å². The van der Waals surface area contributed by atoms with E-state index < -0.39 is 0 Å². The van der Waals surface area contributed by atoms with Gasteiger partial charge in [0, 0.05) is 28.8 Å². The number of hydrogen-bond donors (Lipinski definition) is 1. The van der Waals surface area contributed by atoms with Gasteiger partial charge in [0.2, 0.25) is 0 Å². The average Bonchev–Trinajstić information content (AvgIpc) is 2.30. The van der Waals surface area contributed by atoms with Gasteiger partial charge in [-0.15, -0.1) is 0 Å². The number of aliphatic hydroxyl groups excluding tert-OH is 1. The van der Waals surface area contributed by atoms with Crippen LogP contribution in [0.15, 0.2) is 34.3 Å². The standard InChI is InChI=1S/C13H16BrNO/c1-10-4-6-15(7-5-10)13-3-2-12(14)8-11(13)9-16/h2-4,8,16H,5-7,9H2,1H3. The van der Waals surface area contributed by atoms with Crippen LogP contribution in [0, 0.1) is 0 Å². The van der Waals surface area contributed by atoms with Crippen LogP contribution in [-0.4, -0.2) is 18.2 Å². The largest absolute Gasteiger partial charge is 0.392 e. The number of hydrogen-bond acceptors (Lipinski definition) is 2. The number of rotatable bonds is 2. The second-order valence-corrected chi connectivity index (χ2v) is 5.09. The van der Waals surface area contributed by atoms with Crippen molar-refractivity contribution in [2.24, 2.45) is 0 Å². The van der Waals surface area contributed by atoms with Gasteiger partial charge in [0.25, 0.3) is 0 Å². The molecule has 0 bridgehead atoms. The van der Waals surface area contributed by atoms with E-state index in [-0.39, 0.29) is 6.61 Å². The Labute approximate surface area is 105 Å². The fourth-order valence-electron chi connectivity index (χ4n) is 1.98. The van der Waals surface area contributed by atoms with Crippen molar-refractivity contribution in [1.29, 1.82) is 0 Å². The van der Waals surface area contributed by atoms with Crippen molar-refractivity contribution in [2.45, 2.75) is 20.0 Å². The molecule has 1 aromatic carbocycles. The molecule has 1 aliphatic rings. The highest BCUT2D eigenvalue weighted by molar-refractivity contribution is 9.10. The fourth-order valence-corrected chi connectivity index (χ4v) is 2.39. The van der Waals surface area contributed by atoms with Crippen LogP contribution in [0.3, 0.4) is 0 Å². The van der Waals surface area contributed by atoms with Gasteiger partial charge in [-0.3, -0.25) is 0 Å². The predicted octanol–water partition coefficient (Wildman–Crippen LogP) is 3.10. The third-order valence-electron chi connectivity index (χ3n) is 2.99. The van der Waals surface area contributed by atoms with E-state index in [1.54, 1.807) is 0 Å². The summed E-state index contributed by atoms with van der Waals surface area (Å²) < 4.78 is 1.02. The second kappa shape index (κ2) is 5.02. The van der Waals surface area contributed by atoms with Gasteiger partial charge in [-0.25, -0.2) is 0 Å². The zero-order valence-electron chi connectivity index (χ0n) is 9.41. The average molecular weight is 282 g/mol. The molecule has 0 atom stereocenters. The van der Waals surface area contributed by atoms with Gasteiger partial charge in [0.15, 0.2) is 0 Å². The first-order valence-corrected chi connectivity index (χ1v) is 6.30. The van der Waals surface area contributed by atoms with Crippen LogP contribution >= 0.6 is 15.9 Å². The third kappa shape index (κ3) is 2.47. The van der Waals surface area contributed by atoms with E-state index in [1.807, 2.05) is 12.1 Å². The van der Waals surface area contributed by atoms with E-state index in [4.69, 9.17) is 0 Å². The minimum absolute atomic E-state index is 0.0912. The van der Waals surface area contributed by atoms with Gasteiger partial charge in [0.05, 0.1) is 6.61 Å². The van der Waals surface area contributed by atoms with Crippen LogP contribution in [0.1, 0.15) is 18.9 Å². The van der Waals surface area contributed by atoms with Crippen LogP contribution in [0.4, 0.5) is 5.69 Å². The first kappa shape index (κ1) is 11.7. The van der Waals surface area contributed by atoms with Crippen molar-refractivity contribution in [3.63, 3.8) is 0 Å². The van der Waals surface area contributed by atoms with Crippen molar-refractivity contribution in [3.05, 3.63) is 39.9 Å². The lowest BCUT2D eigenvalue weighted by atomic mass is 10.1. The van der Waals surface area contributed by atoms with Crippen LogP contribution < -0.4 is 4.90 Å². The highest BCUT2D eigenvalue weighted by Gasteiger charge is 2.13. The van der Waals surface area contributed by atoms with Gasteiger partial charge in [-0.05, 0) is 31.5 Å². The normalized spacial score (nSPS) is 16.2. The fraction of sp³-hybridized carbons (Fsp3) is 0.385. The molecule has 0 unspecified atom stereocenters. The number of halogens is 1. The molecule has 0 radical (unpaired) electrons. The summed E-state index contributed by atoms with van der Waals surface area (Å²) in [5.74, 6) is 0. The molecule has 0 amide bonds. The quantitative estimate of drug-likeness (QED) is 0.843. The lowest BCUT2D eigenvalue weighted by Crippen LogP contribution is -2.29. The van der Waals surface area contributed by atoms with Crippen molar-refractivity contribution in [1.82, 2.24) is 0 Å². The van der Waals surface area contributed by atoms with Crippen LogP contribution in [-0.2, 0) is 6.61 Å². The van der Waals surface area contributed by atoms with E-state index in [2.05, 4.69) is 39.9 Å². The predicted molar refractivity (Wildman–Crippen MR) is 70.7 cm³/mol. The maximum Gasteiger partial charge on any atom is 0.0702 e. The first-order valence-electron chi connectivity index (χ1n) is 5.50. The second-order valence-electron chi connectivity index (χ2n) is 4.18. The molecule has 0 aromatic heterocycles. The van der Waals surface area contributed by atoms with E-state index in [9.17, 15) is 5.11 Å². The SMILES string of the molecule is CC1=CCN(c2ccc(Br)cc2CO)CC1. The Morgan fingerprint density at radius 2 is 2.25 bits per heavy atom. The van der Waals surface area contributed by atoms with Crippen molar-refractivity contribution in [3.8, 4) is 0 Å². The molecular weight excluding hydrogens is 266 g/mol. The molecule has 0 aliphatic carbocycles. The van der Waals surface area contributed by atoms with E-state index in [0.29, 0.717) is 0 Å². The molecule has 1 N–H and O–H groups in total. The monoisotopic (exact) mass is 281 g/mol. The zero-order chi connectivity index (χ0) is 11.5. The maximum atomic E-state index is 9.36. The lowest BCUT2D eigenvalue weighted by molar-refractivity contribution is 0.282. The zero-order valence-corrected chi connectivity index (χ0v) is 11.0. The Bertz CT molecular complexity index is 414. The van der Waals surface area contributed by atoms with Crippen LogP contribution in [0.25, 0.3) is 0 Å². The number of benzene rings is 1. The van der Waals surface area contributed by atoms with E-state index in [0.717, 1.165) is 35.2 Å². The topological polar surface area (TPSA) is 23.5 Å². The number of nitrogens with zero attached hydrogens (tertiary/aromatic N) is 1. The summed E-state index contributed by atoms with van der Waals surface area (Å²) in [5, 5.41) is 9.36.